The first-order valence-corrected chi connectivity index (χ1v) is 6.68. The van der Waals surface area contributed by atoms with Crippen LogP contribution in [-0.4, -0.2) is 48.2 Å². The molecular weight excluding hydrogens is 254 g/mol. The molecule has 2 atom stereocenters. The van der Waals surface area contributed by atoms with Crippen LogP contribution in [0.25, 0.3) is 0 Å². The van der Waals surface area contributed by atoms with Gasteiger partial charge in [-0.05, 0) is 39.1 Å². The molecule has 0 aliphatic carbocycles. The van der Waals surface area contributed by atoms with Crippen LogP contribution in [0.5, 0.6) is 0 Å². The van der Waals surface area contributed by atoms with Gasteiger partial charge in [-0.15, -0.1) is 0 Å². The highest BCUT2D eigenvalue weighted by Gasteiger charge is 2.27. The number of nitrogens with zero attached hydrogens (tertiary/aromatic N) is 3. The highest BCUT2D eigenvalue weighted by Crippen LogP contribution is 2.24. The Labute approximate surface area is 119 Å². The minimum absolute atomic E-state index is 0.0616. The molecule has 5 heteroatoms. The van der Waals surface area contributed by atoms with Gasteiger partial charge >= 0.3 is 5.97 Å². The minimum Gasteiger partial charge on any atom is -0.478 e. The molecule has 1 aliphatic rings. The number of carbonyl (C=O) groups is 1. The van der Waals surface area contributed by atoms with Crippen LogP contribution in [0, 0.1) is 11.3 Å². The van der Waals surface area contributed by atoms with Crippen molar-refractivity contribution in [3.8, 4) is 6.07 Å². The Morgan fingerprint density at radius 3 is 2.45 bits per heavy atom. The van der Waals surface area contributed by atoms with Gasteiger partial charge in [0.1, 0.15) is 6.07 Å². The molecule has 2 rings (SSSR count). The molecule has 1 aromatic rings. The van der Waals surface area contributed by atoms with Crippen molar-refractivity contribution in [3.63, 3.8) is 0 Å². The van der Waals surface area contributed by atoms with E-state index in [1.807, 2.05) is 6.07 Å². The second-order valence-corrected chi connectivity index (χ2v) is 5.42. The van der Waals surface area contributed by atoms with Crippen LogP contribution in [0.1, 0.15) is 29.8 Å². The summed E-state index contributed by atoms with van der Waals surface area (Å²) in [6, 6.07) is 7.79. The lowest BCUT2D eigenvalue weighted by atomic mass is 10.0. The Balaban J connectivity index is 2.30. The van der Waals surface area contributed by atoms with E-state index in [4.69, 9.17) is 10.4 Å². The van der Waals surface area contributed by atoms with Gasteiger partial charge in [0.05, 0.1) is 11.1 Å². The van der Waals surface area contributed by atoms with Crippen molar-refractivity contribution < 1.29 is 9.90 Å². The van der Waals surface area contributed by atoms with Crippen molar-refractivity contribution in [2.75, 3.05) is 25.0 Å². The number of carboxylic acids is 1. The molecule has 20 heavy (non-hydrogen) atoms. The van der Waals surface area contributed by atoms with E-state index in [1.165, 1.54) is 6.07 Å². The Kier molecular flexibility index (Phi) is 3.96. The van der Waals surface area contributed by atoms with Gasteiger partial charge < -0.3 is 10.0 Å². The molecule has 1 heterocycles. The SMILES string of the molecule is C[C@@H]1CN(c2ccc(C(=O)O)c(C#N)c2)C[C@H](C)N1C. The fourth-order valence-electron chi connectivity index (χ4n) is 2.62. The molecule has 0 radical (unpaired) electrons. The zero-order valence-corrected chi connectivity index (χ0v) is 12.0. The van der Waals surface area contributed by atoms with Gasteiger partial charge in [-0.25, -0.2) is 4.79 Å². The van der Waals surface area contributed by atoms with E-state index >= 15 is 0 Å². The van der Waals surface area contributed by atoms with Crippen molar-refractivity contribution in [2.24, 2.45) is 0 Å². The lowest BCUT2D eigenvalue weighted by Gasteiger charge is -2.43. The zero-order chi connectivity index (χ0) is 14.9. The summed E-state index contributed by atoms with van der Waals surface area (Å²) in [6.07, 6.45) is 0. The topological polar surface area (TPSA) is 67.6 Å². The molecule has 1 N–H and O–H groups in total. The number of piperazine rings is 1. The molecule has 0 unspecified atom stereocenters. The van der Waals surface area contributed by atoms with Crippen LogP contribution in [-0.2, 0) is 0 Å². The number of hydrogen-bond acceptors (Lipinski definition) is 4. The monoisotopic (exact) mass is 273 g/mol. The van der Waals surface area contributed by atoms with Crippen molar-refractivity contribution in [1.29, 1.82) is 5.26 Å². The molecule has 106 valence electrons. The van der Waals surface area contributed by atoms with Crippen molar-refractivity contribution >= 4 is 11.7 Å². The summed E-state index contributed by atoms with van der Waals surface area (Å²) in [5.74, 6) is -1.06. The van der Waals surface area contributed by atoms with E-state index in [-0.39, 0.29) is 11.1 Å². The van der Waals surface area contributed by atoms with Crippen molar-refractivity contribution in [1.82, 2.24) is 4.90 Å². The number of carboxylic acid groups (broad SMARTS) is 1. The van der Waals surface area contributed by atoms with Gasteiger partial charge in [-0.3, -0.25) is 4.90 Å². The molecule has 5 nitrogen and oxygen atoms in total. The highest BCUT2D eigenvalue weighted by molar-refractivity contribution is 5.91. The number of hydrogen-bond donors (Lipinski definition) is 1. The average Bonchev–Trinajstić information content (AvgIpc) is 2.43. The third-order valence-corrected chi connectivity index (χ3v) is 4.08. The summed E-state index contributed by atoms with van der Waals surface area (Å²) in [6.45, 7) is 6.08. The summed E-state index contributed by atoms with van der Waals surface area (Å²) < 4.78 is 0. The maximum atomic E-state index is 11.0. The molecule has 0 spiro atoms. The van der Waals surface area contributed by atoms with Crippen LogP contribution < -0.4 is 4.90 Å². The number of nitriles is 1. The third kappa shape index (κ3) is 2.61. The highest BCUT2D eigenvalue weighted by atomic mass is 16.4. The van der Waals surface area contributed by atoms with E-state index < -0.39 is 5.97 Å². The molecular formula is C15H19N3O2. The quantitative estimate of drug-likeness (QED) is 0.889. The maximum absolute atomic E-state index is 11.0. The van der Waals surface area contributed by atoms with Gasteiger partial charge in [0.2, 0.25) is 0 Å². The normalized spacial score (nSPS) is 23.4. The molecule has 1 saturated heterocycles. The average molecular weight is 273 g/mol. The summed E-state index contributed by atoms with van der Waals surface area (Å²) >= 11 is 0. The second-order valence-electron chi connectivity index (χ2n) is 5.42. The first kappa shape index (κ1) is 14.4. The Morgan fingerprint density at radius 1 is 1.35 bits per heavy atom. The first-order valence-electron chi connectivity index (χ1n) is 6.68. The van der Waals surface area contributed by atoms with E-state index in [0.29, 0.717) is 12.1 Å². The van der Waals surface area contributed by atoms with Gasteiger partial charge in [0.25, 0.3) is 0 Å². The Hall–Kier alpha value is -2.06. The van der Waals surface area contributed by atoms with E-state index in [2.05, 4.69) is 30.7 Å². The number of likely N-dealkylation sites (N-methyl/N-ethyl adjacent to an activating group) is 1. The first-order chi connectivity index (χ1) is 9.43. The lowest BCUT2D eigenvalue weighted by molar-refractivity contribution is 0.0696. The predicted molar refractivity (Wildman–Crippen MR) is 77.0 cm³/mol. The molecule has 0 saturated carbocycles. The summed E-state index contributed by atoms with van der Waals surface area (Å²) in [4.78, 5) is 15.6. The molecule has 1 fully saturated rings. The van der Waals surface area contributed by atoms with Gasteiger partial charge in [-0.1, -0.05) is 0 Å². The maximum Gasteiger partial charge on any atom is 0.337 e. The summed E-state index contributed by atoms with van der Waals surface area (Å²) in [5.41, 5.74) is 1.19. The third-order valence-electron chi connectivity index (χ3n) is 4.08. The lowest BCUT2D eigenvalue weighted by Crippen LogP contribution is -2.55. The Morgan fingerprint density at radius 2 is 1.95 bits per heavy atom. The van der Waals surface area contributed by atoms with Crippen LogP contribution in [0.3, 0.4) is 0 Å². The van der Waals surface area contributed by atoms with E-state index in [0.717, 1.165) is 18.8 Å². The molecule has 0 amide bonds. The number of anilines is 1. The number of benzene rings is 1. The predicted octanol–water partition coefficient (Wildman–Crippen LogP) is 1.79. The number of aromatic carboxylic acids is 1. The largest absolute Gasteiger partial charge is 0.478 e. The molecule has 1 aromatic carbocycles. The second kappa shape index (κ2) is 5.51. The van der Waals surface area contributed by atoms with Crippen LogP contribution in [0.2, 0.25) is 0 Å². The summed E-state index contributed by atoms with van der Waals surface area (Å²) in [5, 5.41) is 18.1. The minimum atomic E-state index is -1.06. The summed E-state index contributed by atoms with van der Waals surface area (Å²) in [7, 11) is 2.11. The van der Waals surface area contributed by atoms with Crippen molar-refractivity contribution in [3.05, 3.63) is 29.3 Å². The van der Waals surface area contributed by atoms with Gasteiger partial charge in [-0.2, -0.15) is 5.26 Å². The van der Waals surface area contributed by atoms with Gasteiger partial charge in [0.15, 0.2) is 0 Å². The van der Waals surface area contributed by atoms with Gasteiger partial charge in [0, 0.05) is 30.9 Å². The Bertz CT molecular complexity index is 553. The van der Waals surface area contributed by atoms with Crippen LogP contribution in [0.4, 0.5) is 5.69 Å². The molecule has 0 bridgehead atoms. The molecule has 0 aromatic heterocycles. The standard InChI is InChI=1S/C15H19N3O2/c1-10-8-18(9-11(2)17(10)3)13-4-5-14(15(19)20)12(6-13)7-16/h4-6,10-11H,8-9H2,1-3H3,(H,19,20)/t10-,11+. The zero-order valence-electron chi connectivity index (χ0n) is 12.0. The fraction of sp³-hybridized carbons (Fsp3) is 0.467. The van der Waals surface area contributed by atoms with E-state index in [9.17, 15) is 4.79 Å². The van der Waals surface area contributed by atoms with Crippen LogP contribution in [0.15, 0.2) is 18.2 Å². The fourth-order valence-corrected chi connectivity index (χ4v) is 2.62. The number of rotatable bonds is 2. The van der Waals surface area contributed by atoms with Crippen LogP contribution >= 0.6 is 0 Å². The molecule has 1 aliphatic heterocycles. The van der Waals surface area contributed by atoms with Crippen molar-refractivity contribution in [2.45, 2.75) is 25.9 Å². The smallest absolute Gasteiger partial charge is 0.337 e. The van der Waals surface area contributed by atoms with E-state index in [1.54, 1.807) is 12.1 Å².